The molecule has 0 bridgehead atoms. The van der Waals surface area contributed by atoms with Crippen molar-refractivity contribution >= 4 is 11.8 Å². The highest BCUT2D eigenvalue weighted by atomic mass is 16.6. The van der Waals surface area contributed by atoms with Crippen LogP contribution < -0.4 is 10.1 Å². The highest BCUT2D eigenvalue weighted by Gasteiger charge is 2.25. The molecule has 1 unspecified atom stereocenters. The Hall–Kier alpha value is -1.79. The fraction of sp³-hybridized carbons (Fsp3) is 0.650. The van der Waals surface area contributed by atoms with E-state index < -0.39 is 6.09 Å². The molecule has 1 saturated heterocycles. The van der Waals surface area contributed by atoms with E-state index in [0.29, 0.717) is 25.5 Å². The second-order valence-corrected chi connectivity index (χ2v) is 6.47. The van der Waals surface area contributed by atoms with Gasteiger partial charge < -0.3 is 14.2 Å². The third kappa shape index (κ3) is 7.22. The van der Waals surface area contributed by atoms with Gasteiger partial charge in [-0.15, -0.1) is 0 Å². The molecule has 26 heavy (non-hydrogen) atoms. The second kappa shape index (κ2) is 11.8. The summed E-state index contributed by atoms with van der Waals surface area (Å²) in [6.07, 6.45) is 4.80. The highest BCUT2D eigenvalue weighted by molar-refractivity contribution is 5.84. The summed E-state index contributed by atoms with van der Waals surface area (Å²) >= 11 is 0. The summed E-state index contributed by atoms with van der Waals surface area (Å²) in [4.78, 5) is 14.5. The van der Waals surface area contributed by atoms with Gasteiger partial charge in [-0.25, -0.2) is 4.79 Å². The third-order valence-electron chi connectivity index (χ3n) is 4.35. The SMILES string of the molecule is CCCCCOc1cccc(NC(=O)OC(COCC)N2CCCC2)c1. The molecule has 6 heteroatoms. The van der Waals surface area contributed by atoms with Crippen LogP contribution in [0.5, 0.6) is 5.75 Å². The number of unbranched alkanes of at least 4 members (excludes halogenated alkanes) is 2. The lowest BCUT2D eigenvalue weighted by atomic mass is 10.2. The van der Waals surface area contributed by atoms with Crippen LogP contribution in [0.4, 0.5) is 10.5 Å². The minimum absolute atomic E-state index is 0.342. The minimum atomic E-state index is -0.468. The fourth-order valence-electron chi connectivity index (χ4n) is 2.94. The molecular weight excluding hydrogens is 332 g/mol. The van der Waals surface area contributed by atoms with Crippen molar-refractivity contribution in [1.82, 2.24) is 4.90 Å². The van der Waals surface area contributed by atoms with Crippen LogP contribution in [0.2, 0.25) is 0 Å². The maximum Gasteiger partial charge on any atom is 0.413 e. The number of benzene rings is 1. The van der Waals surface area contributed by atoms with Crippen LogP contribution >= 0.6 is 0 Å². The van der Waals surface area contributed by atoms with Gasteiger partial charge in [-0.05, 0) is 38.3 Å². The van der Waals surface area contributed by atoms with Gasteiger partial charge in [0.1, 0.15) is 5.75 Å². The Morgan fingerprint density at radius 1 is 1.23 bits per heavy atom. The summed E-state index contributed by atoms with van der Waals surface area (Å²) in [6.45, 7) is 7.66. The Morgan fingerprint density at radius 2 is 2.04 bits per heavy atom. The Balaban J connectivity index is 1.84. The van der Waals surface area contributed by atoms with Crippen molar-refractivity contribution in [2.75, 3.05) is 38.2 Å². The van der Waals surface area contributed by atoms with Gasteiger partial charge >= 0.3 is 6.09 Å². The molecule has 2 rings (SSSR count). The predicted octanol–water partition coefficient (Wildman–Crippen LogP) is 4.26. The van der Waals surface area contributed by atoms with E-state index >= 15 is 0 Å². The van der Waals surface area contributed by atoms with Gasteiger partial charge in [0.2, 0.25) is 0 Å². The molecule has 6 nitrogen and oxygen atoms in total. The molecule has 0 spiro atoms. The lowest BCUT2D eigenvalue weighted by molar-refractivity contribution is -0.0507. The topological polar surface area (TPSA) is 60.0 Å². The van der Waals surface area contributed by atoms with E-state index in [0.717, 1.165) is 50.9 Å². The smallest absolute Gasteiger partial charge is 0.413 e. The molecule has 146 valence electrons. The Kier molecular flexibility index (Phi) is 9.28. The molecule has 1 fully saturated rings. The van der Waals surface area contributed by atoms with E-state index in [9.17, 15) is 4.79 Å². The molecular formula is C20H32N2O4. The molecule has 0 saturated carbocycles. The van der Waals surface area contributed by atoms with Gasteiger partial charge in [-0.2, -0.15) is 0 Å². The predicted molar refractivity (Wildman–Crippen MR) is 103 cm³/mol. The lowest BCUT2D eigenvalue weighted by Gasteiger charge is -2.26. The van der Waals surface area contributed by atoms with Crippen molar-refractivity contribution in [3.8, 4) is 5.75 Å². The summed E-state index contributed by atoms with van der Waals surface area (Å²) < 4.78 is 16.8. The molecule has 0 radical (unpaired) electrons. The summed E-state index contributed by atoms with van der Waals surface area (Å²) in [6, 6.07) is 7.40. The van der Waals surface area contributed by atoms with Crippen LogP contribution in [0, 0.1) is 0 Å². The van der Waals surface area contributed by atoms with Crippen LogP contribution in [0.3, 0.4) is 0 Å². The quantitative estimate of drug-likeness (QED) is 0.595. The van der Waals surface area contributed by atoms with Crippen molar-refractivity contribution in [3.63, 3.8) is 0 Å². The normalized spacial score (nSPS) is 15.6. The minimum Gasteiger partial charge on any atom is -0.494 e. The maximum absolute atomic E-state index is 12.3. The van der Waals surface area contributed by atoms with Crippen molar-refractivity contribution in [2.45, 2.75) is 52.2 Å². The Bertz CT molecular complexity index is 532. The summed E-state index contributed by atoms with van der Waals surface area (Å²) in [5, 5.41) is 2.79. The number of rotatable bonds is 11. The second-order valence-electron chi connectivity index (χ2n) is 6.47. The van der Waals surface area contributed by atoms with Crippen LogP contribution in [0.1, 0.15) is 46.0 Å². The van der Waals surface area contributed by atoms with Crippen molar-refractivity contribution in [2.24, 2.45) is 0 Å². The van der Waals surface area contributed by atoms with Crippen LogP contribution in [-0.4, -0.2) is 50.1 Å². The molecule has 1 aliphatic rings. The number of hydrogen-bond acceptors (Lipinski definition) is 5. The van der Waals surface area contributed by atoms with E-state index in [2.05, 4.69) is 17.1 Å². The van der Waals surface area contributed by atoms with E-state index in [1.165, 1.54) is 0 Å². The zero-order chi connectivity index (χ0) is 18.6. The highest BCUT2D eigenvalue weighted by Crippen LogP contribution is 2.19. The summed E-state index contributed by atoms with van der Waals surface area (Å²) in [7, 11) is 0. The van der Waals surface area contributed by atoms with Crippen LogP contribution in [-0.2, 0) is 9.47 Å². The monoisotopic (exact) mass is 364 g/mol. The largest absolute Gasteiger partial charge is 0.494 e. The number of amides is 1. The molecule has 1 aromatic carbocycles. The molecule has 1 aliphatic heterocycles. The Morgan fingerprint density at radius 3 is 2.77 bits per heavy atom. The lowest BCUT2D eigenvalue weighted by Crippen LogP contribution is -2.41. The molecule has 0 aromatic heterocycles. The zero-order valence-corrected chi connectivity index (χ0v) is 16.0. The maximum atomic E-state index is 12.3. The van der Waals surface area contributed by atoms with E-state index in [1.54, 1.807) is 0 Å². The van der Waals surface area contributed by atoms with Crippen molar-refractivity contribution in [3.05, 3.63) is 24.3 Å². The van der Waals surface area contributed by atoms with Crippen LogP contribution in [0.25, 0.3) is 0 Å². The van der Waals surface area contributed by atoms with Gasteiger partial charge in [0.25, 0.3) is 0 Å². The van der Waals surface area contributed by atoms with Gasteiger partial charge in [-0.1, -0.05) is 25.8 Å². The fourth-order valence-corrected chi connectivity index (χ4v) is 2.94. The third-order valence-corrected chi connectivity index (χ3v) is 4.35. The van der Waals surface area contributed by atoms with Gasteiger partial charge in [-0.3, -0.25) is 10.2 Å². The number of carbonyl (C=O) groups excluding carboxylic acids is 1. The number of hydrogen-bond donors (Lipinski definition) is 1. The number of carbonyl (C=O) groups is 1. The Labute approximate surface area is 156 Å². The zero-order valence-electron chi connectivity index (χ0n) is 16.0. The summed E-state index contributed by atoms with van der Waals surface area (Å²) in [5.74, 6) is 0.754. The number of likely N-dealkylation sites (tertiary alicyclic amines) is 1. The first-order valence-corrected chi connectivity index (χ1v) is 9.75. The standard InChI is InChI=1S/C20H32N2O4/c1-3-5-8-14-25-18-11-9-10-17(15-18)21-20(23)26-19(16-24-4-2)22-12-6-7-13-22/h9-11,15,19H,3-8,12-14,16H2,1-2H3,(H,21,23). The van der Waals surface area contributed by atoms with E-state index in [1.807, 2.05) is 31.2 Å². The van der Waals surface area contributed by atoms with Crippen molar-refractivity contribution < 1.29 is 19.0 Å². The number of ether oxygens (including phenoxy) is 3. The number of nitrogens with one attached hydrogen (secondary N) is 1. The van der Waals surface area contributed by atoms with Crippen LogP contribution in [0.15, 0.2) is 24.3 Å². The van der Waals surface area contributed by atoms with Gasteiger partial charge in [0.15, 0.2) is 6.23 Å². The average molecular weight is 364 g/mol. The number of nitrogens with zero attached hydrogens (tertiary/aromatic N) is 1. The molecule has 1 aromatic rings. The van der Waals surface area contributed by atoms with Crippen molar-refractivity contribution in [1.29, 1.82) is 0 Å². The molecule has 1 N–H and O–H groups in total. The summed E-state index contributed by atoms with van der Waals surface area (Å²) in [5.41, 5.74) is 0.666. The number of anilines is 1. The van der Waals surface area contributed by atoms with E-state index in [4.69, 9.17) is 14.2 Å². The van der Waals surface area contributed by atoms with Gasteiger partial charge in [0, 0.05) is 31.5 Å². The molecule has 0 aliphatic carbocycles. The molecule has 1 heterocycles. The average Bonchev–Trinajstić information content (AvgIpc) is 3.17. The first-order chi connectivity index (χ1) is 12.7. The van der Waals surface area contributed by atoms with E-state index in [-0.39, 0.29) is 6.23 Å². The molecule has 1 atom stereocenters. The molecule has 1 amide bonds. The first-order valence-electron chi connectivity index (χ1n) is 9.75. The first kappa shape index (κ1) is 20.5. The van der Waals surface area contributed by atoms with Gasteiger partial charge in [0.05, 0.1) is 13.2 Å².